The van der Waals surface area contributed by atoms with Gasteiger partial charge < -0.3 is 4.74 Å². The van der Waals surface area contributed by atoms with Gasteiger partial charge in [0.2, 0.25) is 0 Å². The second kappa shape index (κ2) is 9.93. The van der Waals surface area contributed by atoms with Gasteiger partial charge in [0.05, 0.1) is 18.8 Å². The van der Waals surface area contributed by atoms with Crippen LogP contribution in [0.1, 0.15) is 55.8 Å². The normalized spacial score (nSPS) is 16.2. The van der Waals surface area contributed by atoms with Crippen LogP contribution in [0.25, 0.3) is 5.69 Å². The number of nitrogens with zero attached hydrogens (tertiary/aromatic N) is 4. The van der Waals surface area contributed by atoms with Crippen molar-refractivity contribution in [1.82, 2.24) is 19.2 Å². The van der Waals surface area contributed by atoms with Crippen molar-refractivity contribution in [2.45, 2.75) is 44.7 Å². The predicted molar refractivity (Wildman–Crippen MR) is 128 cm³/mol. The molecule has 0 amide bonds. The highest BCUT2D eigenvalue weighted by Gasteiger charge is 2.32. The average Bonchev–Trinajstić information content (AvgIpc) is 3.21. The number of esters is 1. The van der Waals surface area contributed by atoms with E-state index in [1.54, 1.807) is 17.0 Å². The molecule has 0 saturated carbocycles. The molecule has 0 N–H and O–H groups in total. The molecule has 174 valence electrons. The summed E-state index contributed by atoms with van der Waals surface area (Å²) in [5, 5.41) is 4.80. The van der Waals surface area contributed by atoms with Crippen molar-refractivity contribution in [3.05, 3.63) is 81.5 Å². The van der Waals surface area contributed by atoms with E-state index >= 15 is 0 Å². The fourth-order valence-corrected chi connectivity index (χ4v) is 4.73. The summed E-state index contributed by atoms with van der Waals surface area (Å²) in [6, 6.07) is 15.1. The molecule has 1 fully saturated rings. The van der Waals surface area contributed by atoms with Gasteiger partial charge >= 0.3 is 11.7 Å². The summed E-state index contributed by atoms with van der Waals surface area (Å²) < 4.78 is 8.14. The molecule has 2 aromatic carbocycles. The van der Waals surface area contributed by atoms with Gasteiger partial charge in [-0.2, -0.15) is 5.10 Å². The Morgan fingerprint density at radius 3 is 2.39 bits per heavy atom. The van der Waals surface area contributed by atoms with Crippen LogP contribution < -0.4 is 5.69 Å². The number of rotatable bonds is 6. The highest BCUT2D eigenvalue weighted by molar-refractivity contribution is 6.30. The van der Waals surface area contributed by atoms with Crippen LogP contribution in [-0.4, -0.2) is 45.4 Å². The van der Waals surface area contributed by atoms with Crippen molar-refractivity contribution in [2.24, 2.45) is 0 Å². The first-order chi connectivity index (χ1) is 15.9. The van der Waals surface area contributed by atoms with Crippen molar-refractivity contribution in [3.63, 3.8) is 0 Å². The molecule has 0 aliphatic carbocycles. The number of likely N-dealkylation sites (tertiary alicyclic amines) is 1. The number of halogens is 1. The summed E-state index contributed by atoms with van der Waals surface area (Å²) >= 11 is 6.17. The van der Waals surface area contributed by atoms with Crippen molar-refractivity contribution in [1.29, 1.82) is 0 Å². The SMILES string of the molecule is COC(=O)C(c1cccc(Cl)c1)N1CCC(c2ccc(-n3cnn(C(C)C)c3=O)cc2)CC1. The molecule has 3 aromatic rings. The monoisotopic (exact) mass is 468 g/mol. The minimum absolute atomic E-state index is 0.0175. The molecule has 1 aliphatic heterocycles. The number of aromatic nitrogens is 3. The van der Waals surface area contributed by atoms with E-state index in [0.717, 1.165) is 37.2 Å². The molecular weight excluding hydrogens is 440 g/mol. The molecule has 1 atom stereocenters. The number of ether oxygens (including phenoxy) is 1. The van der Waals surface area contributed by atoms with Crippen LogP contribution in [0.5, 0.6) is 0 Å². The number of hydrogen-bond donors (Lipinski definition) is 0. The molecule has 0 radical (unpaired) electrons. The second-order valence-corrected chi connectivity index (χ2v) is 9.14. The maximum atomic E-state index is 12.6. The molecular formula is C25H29ClN4O3. The van der Waals surface area contributed by atoms with Crippen molar-refractivity contribution in [2.75, 3.05) is 20.2 Å². The van der Waals surface area contributed by atoms with Gasteiger partial charge in [-0.25, -0.2) is 18.8 Å². The van der Waals surface area contributed by atoms with Gasteiger partial charge in [-0.15, -0.1) is 0 Å². The maximum Gasteiger partial charge on any atom is 0.350 e. The van der Waals surface area contributed by atoms with E-state index in [-0.39, 0.29) is 17.7 Å². The fourth-order valence-electron chi connectivity index (χ4n) is 4.53. The van der Waals surface area contributed by atoms with Gasteiger partial charge in [-0.1, -0.05) is 35.9 Å². The Morgan fingerprint density at radius 2 is 1.82 bits per heavy atom. The van der Waals surface area contributed by atoms with Gasteiger partial charge in [0.15, 0.2) is 0 Å². The first-order valence-corrected chi connectivity index (χ1v) is 11.6. The standard InChI is InChI=1S/C25H29ClN4O3/c1-17(2)30-25(32)29(16-27-30)22-9-7-18(8-10-22)19-11-13-28(14-12-19)23(24(31)33-3)20-5-4-6-21(26)15-20/h4-10,15-17,19,23H,11-14H2,1-3H3. The van der Waals surface area contributed by atoms with Gasteiger partial charge in [0, 0.05) is 5.02 Å². The lowest BCUT2D eigenvalue weighted by atomic mass is 9.88. The number of carbonyl (C=O) groups excluding carboxylic acids is 1. The van der Waals surface area contributed by atoms with Gasteiger partial charge in [-0.05, 0) is 81.1 Å². The van der Waals surface area contributed by atoms with Crippen LogP contribution in [0, 0.1) is 0 Å². The summed E-state index contributed by atoms with van der Waals surface area (Å²) in [5.41, 5.74) is 2.75. The maximum absolute atomic E-state index is 12.6. The zero-order valence-electron chi connectivity index (χ0n) is 19.1. The molecule has 7 nitrogen and oxygen atoms in total. The van der Waals surface area contributed by atoms with Crippen LogP contribution in [0.2, 0.25) is 5.02 Å². The first kappa shape index (κ1) is 23.3. The first-order valence-electron chi connectivity index (χ1n) is 11.2. The van der Waals surface area contributed by atoms with E-state index in [0.29, 0.717) is 10.9 Å². The molecule has 1 aromatic heterocycles. The van der Waals surface area contributed by atoms with Crippen molar-refractivity contribution in [3.8, 4) is 5.69 Å². The molecule has 0 spiro atoms. The van der Waals surface area contributed by atoms with E-state index in [2.05, 4.69) is 22.1 Å². The third-order valence-electron chi connectivity index (χ3n) is 6.31. The zero-order valence-corrected chi connectivity index (χ0v) is 19.9. The number of piperidine rings is 1. The Labute approximate surface area is 198 Å². The molecule has 0 bridgehead atoms. The summed E-state index contributed by atoms with van der Waals surface area (Å²) in [5.74, 6) is 0.121. The largest absolute Gasteiger partial charge is 0.468 e. The van der Waals surface area contributed by atoms with E-state index in [1.807, 2.05) is 44.2 Å². The van der Waals surface area contributed by atoms with E-state index in [1.165, 1.54) is 17.4 Å². The van der Waals surface area contributed by atoms with Crippen LogP contribution in [0.15, 0.2) is 59.7 Å². The van der Waals surface area contributed by atoms with Crippen molar-refractivity contribution < 1.29 is 9.53 Å². The summed E-state index contributed by atoms with van der Waals surface area (Å²) in [4.78, 5) is 27.3. The van der Waals surface area contributed by atoms with Crippen LogP contribution in [-0.2, 0) is 9.53 Å². The number of hydrogen-bond acceptors (Lipinski definition) is 5. The molecule has 1 unspecified atom stereocenters. The van der Waals surface area contributed by atoms with E-state index in [9.17, 15) is 9.59 Å². The molecule has 1 aliphatic rings. The van der Waals surface area contributed by atoms with Gasteiger partial charge in [-0.3, -0.25) is 4.90 Å². The Hall–Kier alpha value is -2.90. The summed E-state index contributed by atoms with van der Waals surface area (Å²) in [6.45, 7) is 5.43. The summed E-state index contributed by atoms with van der Waals surface area (Å²) in [6.07, 6.45) is 3.43. The molecule has 4 rings (SSSR count). The van der Waals surface area contributed by atoms with Gasteiger partial charge in [0.1, 0.15) is 12.4 Å². The highest BCUT2D eigenvalue weighted by Crippen LogP contribution is 2.33. The zero-order chi connectivity index (χ0) is 23.5. The van der Waals surface area contributed by atoms with Crippen molar-refractivity contribution >= 4 is 17.6 Å². The van der Waals surface area contributed by atoms with E-state index < -0.39 is 6.04 Å². The minimum Gasteiger partial charge on any atom is -0.468 e. The molecule has 8 heteroatoms. The second-order valence-electron chi connectivity index (χ2n) is 8.70. The Bertz CT molecular complexity index is 1160. The lowest BCUT2D eigenvalue weighted by Gasteiger charge is -2.36. The Morgan fingerprint density at radius 1 is 1.12 bits per heavy atom. The summed E-state index contributed by atoms with van der Waals surface area (Å²) in [7, 11) is 1.42. The quantitative estimate of drug-likeness (QED) is 0.503. The molecule has 1 saturated heterocycles. The smallest absolute Gasteiger partial charge is 0.350 e. The predicted octanol–water partition coefficient (Wildman–Crippen LogP) is 4.36. The van der Waals surface area contributed by atoms with Crippen LogP contribution >= 0.6 is 11.6 Å². The molecule has 33 heavy (non-hydrogen) atoms. The number of carbonyl (C=O) groups is 1. The lowest BCUT2D eigenvalue weighted by Crippen LogP contribution is -2.40. The lowest BCUT2D eigenvalue weighted by molar-refractivity contribution is -0.147. The number of benzene rings is 2. The van der Waals surface area contributed by atoms with Crippen LogP contribution in [0.3, 0.4) is 0 Å². The van der Waals surface area contributed by atoms with Gasteiger partial charge in [0.25, 0.3) is 0 Å². The average molecular weight is 469 g/mol. The Kier molecular flexibility index (Phi) is 7.00. The third kappa shape index (κ3) is 4.89. The Balaban J connectivity index is 1.46. The number of methoxy groups -OCH3 is 1. The highest BCUT2D eigenvalue weighted by atomic mass is 35.5. The third-order valence-corrected chi connectivity index (χ3v) is 6.54. The minimum atomic E-state index is -0.457. The van der Waals surface area contributed by atoms with E-state index in [4.69, 9.17) is 16.3 Å². The van der Waals surface area contributed by atoms with Crippen LogP contribution in [0.4, 0.5) is 0 Å². The fraction of sp³-hybridized carbons (Fsp3) is 0.400. The topological polar surface area (TPSA) is 69.4 Å². The molecule has 2 heterocycles.